The lowest BCUT2D eigenvalue weighted by Crippen LogP contribution is -2.05. The van der Waals surface area contributed by atoms with E-state index in [4.69, 9.17) is 27.9 Å². The number of carbonyl (C=O) groups excluding carboxylic acids is 1. The third-order valence-electron chi connectivity index (χ3n) is 3.51. The zero-order chi connectivity index (χ0) is 16.6. The highest BCUT2D eigenvalue weighted by molar-refractivity contribution is 6.42. The number of nitrogens with zero attached hydrogens (tertiary/aromatic N) is 1. The molecule has 0 radical (unpaired) electrons. The zero-order valence-electron chi connectivity index (χ0n) is 12.6. The van der Waals surface area contributed by atoms with Crippen LogP contribution in [0.15, 0.2) is 47.1 Å². The summed E-state index contributed by atoms with van der Waals surface area (Å²) in [6.45, 7) is 3.98. The summed E-state index contributed by atoms with van der Waals surface area (Å²) < 4.78 is 5.24. The molecule has 0 fully saturated rings. The standard InChI is InChI=1S/C18H13Cl2NO2/c1-10-3-4-11(2)13(7-10)9-16-18(22)23-17(21-16)12-5-6-14(19)15(20)8-12/h3-9H,1-2H3/b16-9-. The molecular weight excluding hydrogens is 333 g/mol. The van der Waals surface area contributed by atoms with Gasteiger partial charge in [-0.05, 0) is 49.2 Å². The number of benzene rings is 2. The van der Waals surface area contributed by atoms with E-state index in [9.17, 15) is 4.79 Å². The summed E-state index contributed by atoms with van der Waals surface area (Å²) >= 11 is 11.9. The Labute approximate surface area is 144 Å². The van der Waals surface area contributed by atoms with Gasteiger partial charge in [0, 0.05) is 5.56 Å². The largest absolute Gasteiger partial charge is 0.402 e. The summed E-state index contributed by atoms with van der Waals surface area (Å²) in [6, 6.07) is 11.0. The molecule has 23 heavy (non-hydrogen) atoms. The van der Waals surface area contributed by atoms with E-state index < -0.39 is 5.97 Å². The van der Waals surface area contributed by atoms with E-state index in [1.165, 1.54) is 0 Å². The molecule has 0 aliphatic carbocycles. The van der Waals surface area contributed by atoms with Gasteiger partial charge in [-0.25, -0.2) is 9.79 Å². The number of aliphatic imine (C=N–C) groups is 1. The second-order valence-electron chi connectivity index (χ2n) is 5.32. The van der Waals surface area contributed by atoms with Crippen LogP contribution in [-0.4, -0.2) is 11.9 Å². The van der Waals surface area contributed by atoms with Crippen LogP contribution >= 0.6 is 23.2 Å². The van der Waals surface area contributed by atoms with E-state index in [-0.39, 0.29) is 11.6 Å². The first kappa shape index (κ1) is 15.8. The van der Waals surface area contributed by atoms with Crippen LogP contribution in [0.1, 0.15) is 22.3 Å². The zero-order valence-corrected chi connectivity index (χ0v) is 14.1. The molecule has 0 N–H and O–H groups in total. The number of hydrogen-bond donors (Lipinski definition) is 0. The van der Waals surface area contributed by atoms with Crippen molar-refractivity contribution in [2.75, 3.05) is 0 Å². The predicted molar refractivity (Wildman–Crippen MR) is 93.0 cm³/mol. The molecule has 0 saturated carbocycles. The average Bonchev–Trinajstić information content (AvgIpc) is 2.87. The van der Waals surface area contributed by atoms with Crippen molar-refractivity contribution >= 4 is 41.1 Å². The van der Waals surface area contributed by atoms with Crippen LogP contribution in [0.4, 0.5) is 0 Å². The molecule has 2 aromatic carbocycles. The Kier molecular flexibility index (Phi) is 4.24. The number of rotatable bonds is 2. The number of hydrogen-bond acceptors (Lipinski definition) is 3. The Morgan fingerprint density at radius 2 is 1.83 bits per heavy atom. The number of esters is 1. The Hall–Kier alpha value is -2.10. The number of carbonyl (C=O) groups is 1. The smallest absolute Gasteiger partial charge is 0.363 e. The highest BCUT2D eigenvalue weighted by Crippen LogP contribution is 2.26. The first-order valence-electron chi connectivity index (χ1n) is 6.99. The summed E-state index contributed by atoms with van der Waals surface area (Å²) in [4.78, 5) is 16.3. The van der Waals surface area contributed by atoms with Gasteiger partial charge >= 0.3 is 5.97 Å². The van der Waals surface area contributed by atoms with Crippen LogP contribution in [0.5, 0.6) is 0 Å². The summed E-state index contributed by atoms with van der Waals surface area (Å²) in [5.74, 6) is -0.253. The quantitative estimate of drug-likeness (QED) is 0.570. The van der Waals surface area contributed by atoms with Crippen molar-refractivity contribution in [1.82, 2.24) is 0 Å². The van der Waals surface area contributed by atoms with Crippen molar-refractivity contribution in [3.05, 3.63) is 74.4 Å². The van der Waals surface area contributed by atoms with Gasteiger partial charge in [0.05, 0.1) is 10.0 Å². The molecule has 1 heterocycles. The lowest BCUT2D eigenvalue weighted by atomic mass is 10.0. The molecule has 0 amide bonds. The van der Waals surface area contributed by atoms with Gasteiger partial charge in [0.25, 0.3) is 0 Å². The molecule has 1 aliphatic rings. The van der Waals surface area contributed by atoms with Crippen LogP contribution in [0.25, 0.3) is 6.08 Å². The first-order chi connectivity index (χ1) is 10.9. The van der Waals surface area contributed by atoms with Gasteiger partial charge in [-0.15, -0.1) is 0 Å². The molecule has 3 nitrogen and oxygen atoms in total. The molecule has 3 rings (SSSR count). The van der Waals surface area contributed by atoms with Gasteiger partial charge in [-0.2, -0.15) is 0 Å². The molecule has 116 valence electrons. The van der Waals surface area contributed by atoms with Crippen molar-refractivity contribution in [1.29, 1.82) is 0 Å². The lowest BCUT2D eigenvalue weighted by Gasteiger charge is -2.01. The average molecular weight is 346 g/mol. The van der Waals surface area contributed by atoms with Crippen molar-refractivity contribution < 1.29 is 9.53 Å². The first-order valence-corrected chi connectivity index (χ1v) is 7.75. The van der Waals surface area contributed by atoms with Gasteiger partial charge in [0.15, 0.2) is 5.70 Å². The van der Waals surface area contributed by atoms with Gasteiger partial charge in [-0.3, -0.25) is 0 Å². The molecule has 0 saturated heterocycles. The van der Waals surface area contributed by atoms with E-state index in [2.05, 4.69) is 4.99 Å². The van der Waals surface area contributed by atoms with Crippen molar-refractivity contribution in [3.8, 4) is 0 Å². The molecule has 1 aliphatic heterocycles. The normalized spacial score (nSPS) is 15.7. The van der Waals surface area contributed by atoms with E-state index in [1.807, 2.05) is 32.0 Å². The number of aryl methyl sites for hydroxylation is 2. The summed E-state index contributed by atoms with van der Waals surface area (Å²) in [5, 5.41) is 0.821. The van der Waals surface area contributed by atoms with Crippen LogP contribution < -0.4 is 0 Å². The maximum absolute atomic E-state index is 12.0. The Morgan fingerprint density at radius 3 is 2.57 bits per heavy atom. The third-order valence-corrected chi connectivity index (χ3v) is 4.25. The fourth-order valence-electron chi connectivity index (χ4n) is 2.22. The monoisotopic (exact) mass is 345 g/mol. The Morgan fingerprint density at radius 1 is 1.04 bits per heavy atom. The van der Waals surface area contributed by atoms with E-state index in [0.29, 0.717) is 15.6 Å². The third kappa shape index (κ3) is 3.31. The topological polar surface area (TPSA) is 38.7 Å². The van der Waals surface area contributed by atoms with E-state index >= 15 is 0 Å². The van der Waals surface area contributed by atoms with Gasteiger partial charge in [0.1, 0.15) is 0 Å². The van der Waals surface area contributed by atoms with E-state index in [0.717, 1.165) is 16.7 Å². The fourth-order valence-corrected chi connectivity index (χ4v) is 2.52. The minimum absolute atomic E-state index is 0.227. The van der Waals surface area contributed by atoms with Crippen LogP contribution in [0, 0.1) is 13.8 Å². The second kappa shape index (κ2) is 6.19. The van der Waals surface area contributed by atoms with Crippen LogP contribution in [0.2, 0.25) is 10.0 Å². The van der Waals surface area contributed by atoms with Gasteiger partial charge in [-0.1, -0.05) is 47.0 Å². The van der Waals surface area contributed by atoms with Gasteiger partial charge in [0.2, 0.25) is 5.90 Å². The van der Waals surface area contributed by atoms with Crippen LogP contribution in [0.3, 0.4) is 0 Å². The molecule has 0 spiro atoms. The summed E-state index contributed by atoms with van der Waals surface area (Å²) in [5.41, 5.74) is 3.99. The molecule has 0 unspecified atom stereocenters. The highest BCUT2D eigenvalue weighted by atomic mass is 35.5. The minimum Gasteiger partial charge on any atom is -0.402 e. The van der Waals surface area contributed by atoms with Crippen LogP contribution in [-0.2, 0) is 9.53 Å². The molecule has 0 aromatic heterocycles. The molecule has 2 aromatic rings. The Bertz CT molecular complexity index is 869. The van der Waals surface area contributed by atoms with Crippen molar-refractivity contribution in [2.24, 2.45) is 4.99 Å². The Balaban J connectivity index is 1.99. The molecule has 0 atom stereocenters. The predicted octanol–water partition coefficient (Wildman–Crippen LogP) is 4.95. The van der Waals surface area contributed by atoms with E-state index in [1.54, 1.807) is 24.3 Å². The molecule has 5 heteroatoms. The maximum atomic E-state index is 12.0. The summed E-state index contributed by atoms with van der Waals surface area (Å²) in [6.07, 6.45) is 1.73. The van der Waals surface area contributed by atoms with Crippen molar-refractivity contribution in [3.63, 3.8) is 0 Å². The highest BCUT2D eigenvalue weighted by Gasteiger charge is 2.24. The second-order valence-corrected chi connectivity index (χ2v) is 6.14. The minimum atomic E-state index is -0.480. The van der Waals surface area contributed by atoms with Crippen molar-refractivity contribution in [2.45, 2.75) is 13.8 Å². The molecule has 0 bridgehead atoms. The summed E-state index contributed by atoms with van der Waals surface area (Å²) in [7, 11) is 0. The van der Waals surface area contributed by atoms with Gasteiger partial charge < -0.3 is 4.74 Å². The number of halogens is 2. The lowest BCUT2D eigenvalue weighted by molar-refractivity contribution is -0.129. The fraction of sp³-hybridized carbons (Fsp3) is 0.111. The number of ether oxygens (including phenoxy) is 1. The number of cyclic esters (lactones) is 1. The maximum Gasteiger partial charge on any atom is 0.363 e. The SMILES string of the molecule is Cc1ccc(C)c(/C=C2\N=C(c3ccc(Cl)c(Cl)c3)OC2=O)c1. The molecular formula is C18H13Cl2NO2.